The molecule has 0 aliphatic rings. The van der Waals surface area contributed by atoms with Crippen LogP contribution in [0.25, 0.3) is 10.8 Å². The zero-order valence-electron chi connectivity index (χ0n) is 10.9. The van der Waals surface area contributed by atoms with Crippen molar-refractivity contribution in [2.24, 2.45) is 5.41 Å². The van der Waals surface area contributed by atoms with Gasteiger partial charge in [0.1, 0.15) is 0 Å². The van der Waals surface area contributed by atoms with Crippen molar-refractivity contribution in [2.45, 2.75) is 20.3 Å². The first-order valence-corrected chi connectivity index (χ1v) is 6.07. The van der Waals surface area contributed by atoms with Crippen LogP contribution in [-0.2, 0) is 11.2 Å². The summed E-state index contributed by atoms with van der Waals surface area (Å²) in [6.07, 6.45) is 1.05. The van der Waals surface area contributed by atoms with Crippen molar-refractivity contribution in [3.63, 3.8) is 0 Å². The number of hydrogen-bond donors (Lipinski definition) is 0. The molecule has 1 nitrogen and oxygen atoms in total. The molecule has 0 N–H and O–H groups in total. The minimum absolute atomic E-state index is 0.192. The van der Waals surface area contributed by atoms with E-state index in [4.69, 9.17) is 4.74 Å². The highest BCUT2D eigenvalue weighted by atomic mass is 16.5. The molecular formula is C16H20O. The first kappa shape index (κ1) is 12.1. The standard InChI is InChI=1S/C16H20O/c1-16(2,12-17-3)11-13-8-9-14-6-4-5-7-15(14)10-13/h4-10H,11-12H2,1-3H3. The molecule has 90 valence electrons. The molecular weight excluding hydrogens is 208 g/mol. The summed E-state index contributed by atoms with van der Waals surface area (Å²) < 4.78 is 5.27. The third-order valence-corrected chi connectivity index (χ3v) is 3.03. The fourth-order valence-corrected chi connectivity index (χ4v) is 2.34. The van der Waals surface area contributed by atoms with Crippen LogP contribution in [0.2, 0.25) is 0 Å². The minimum Gasteiger partial charge on any atom is -0.384 e. The Bertz CT molecular complexity index is 500. The lowest BCUT2D eigenvalue weighted by atomic mass is 9.86. The van der Waals surface area contributed by atoms with Crippen molar-refractivity contribution in [3.8, 4) is 0 Å². The van der Waals surface area contributed by atoms with E-state index < -0.39 is 0 Å². The van der Waals surface area contributed by atoms with Gasteiger partial charge in [-0.15, -0.1) is 0 Å². The van der Waals surface area contributed by atoms with Gasteiger partial charge in [-0.3, -0.25) is 0 Å². The average molecular weight is 228 g/mol. The predicted octanol–water partition coefficient (Wildman–Crippen LogP) is 4.05. The molecule has 0 aromatic heterocycles. The molecule has 0 atom stereocenters. The van der Waals surface area contributed by atoms with Crippen molar-refractivity contribution >= 4 is 10.8 Å². The van der Waals surface area contributed by atoms with E-state index in [-0.39, 0.29) is 5.41 Å². The van der Waals surface area contributed by atoms with Gasteiger partial charge in [-0.2, -0.15) is 0 Å². The Morgan fingerprint density at radius 1 is 1.00 bits per heavy atom. The van der Waals surface area contributed by atoms with Crippen molar-refractivity contribution in [2.75, 3.05) is 13.7 Å². The fourth-order valence-electron chi connectivity index (χ4n) is 2.34. The molecule has 0 amide bonds. The van der Waals surface area contributed by atoms with Gasteiger partial charge in [-0.25, -0.2) is 0 Å². The van der Waals surface area contributed by atoms with E-state index in [0.29, 0.717) is 0 Å². The van der Waals surface area contributed by atoms with E-state index in [1.807, 2.05) is 0 Å². The highest BCUT2D eigenvalue weighted by Gasteiger charge is 2.18. The smallest absolute Gasteiger partial charge is 0.0516 e. The Hall–Kier alpha value is -1.34. The monoisotopic (exact) mass is 228 g/mol. The molecule has 0 saturated heterocycles. The van der Waals surface area contributed by atoms with Crippen LogP contribution in [0.3, 0.4) is 0 Å². The lowest BCUT2D eigenvalue weighted by Crippen LogP contribution is -2.21. The van der Waals surface area contributed by atoms with Crippen LogP contribution in [-0.4, -0.2) is 13.7 Å². The molecule has 2 aromatic rings. The van der Waals surface area contributed by atoms with E-state index in [2.05, 4.69) is 56.3 Å². The van der Waals surface area contributed by atoms with Crippen molar-refractivity contribution in [1.29, 1.82) is 0 Å². The maximum atomic E-state index is 5.27. The Morgan fingerprint density at radius 3 is 2.41 bits per heavy atom. The van der Waals surface area contributed by atoms with Crippen molar-refractivity contribution in [1.82, 2.24) is 0 Å². The van der Waals surface area contributed by atoms with E-state index in [1.54, 1.807) is 7.11 Å². The molecule has 2 aromatic carbocycles. The SMILES string of the molecule is COCC(C)(C)Cc1ccc2ccccc2c1. The Morgan fingerprint density at radius 2 is 1.71 bits per heavy atom. The highest BCUT2D eigenvalue weighted by Crippen LogP contribution is 2.24. The normalized spacial score (nSPS) is 11.9. The molecule has 17 heavy (non-hydrogen) atoms. The summed E-state index contributed by atoms with van der Waals surface area (Å²) in [7, 11) is 1.77. The second kappa shape index (κ2) is 4.89. The minimum atomic E-state index is 0.192. The van der Waals surface area contributed by atoms with Crippen LogP contribution in [0, 0.1) is 5.41 Å². The second-order valence-electron chi connectivity index (χ2n) is 5.46. The molecule has 2 rings (SSSR count). The molecule has 0 aliphatic carbocycles. The maximum Gasteiger partial charge on any atom is 0.0516 e. The van der Waals surface area contributed by atoms with Gasteiger partial charge in [0.15, 0.2) is 0 Å². The summed E-state index contributed by atoms with van der Waals surface area (Å²) in [4.78, 5) is 0. The molecule has 0 bridgehead atoms. The number of methoxy groups -OCH3 is 1. The molecule has 0 saturated carbocycles. The van der Waals surface area contributed by atoms with E-state index in [1.165, 1.54) is 16.3 Å². The summed E-state index contributed by atoms with van der Waals surface area (Å²) in [5.74, 6) is 0. The number of benzene rings is 2. The van der Waals surface area contributed by atoms with Crippen LogP contribution >= 0.6 is 0 Å². The Kier molecular flexibility index (Phi) is 3.49. The summed E-state index contributed by atoms with van der Waals surface area (Å²) in [6.45, 7) is 5.28. The van der Waals surface area contributed by atoms with Gasteiger partial charge in [0.2, 0.25) is 0 Å². The maximum absolute atomic E-state index is 5.27. The van der Waals surface area contributed by atoms with Gasteiger partial charge >= 0.3 is 0 Å². The van der Waals surface area contributed by atoms with Crippen molar-refractivity contribution < 1.29 is 4.74 Å². The summed E-state index contributed by atoms with van der Waals surface area (Å²) >= 11 is 0. The molecule has 0 spiro atoms. The predicted molar refractivity (Wildman–Crippen MR) is 73.3 cm³/mol. The first-order valence-electron chi connectivity index (χ1n) is 6.07. The van der Waals surface area contributed by atoms with Gasteiger partial charge in [-0.1, -0.05) is 56.3 Å². The molecule has 0 unspecified atom stereocenters. The summed E-state index contributed by atoms with van der Waals surface area (Å²) in [6, 6.07) is 15.2. The Balaban J connectivity index is 2.25. The topological polar surface area (TPSA) is 9.23 Å². The summed E-state index contributed by atoms with van der Waals surface area (Å²) in [5, 5.41) is 2.62. The van der Waals surface area contributed by atoms with Crippen LogP contribution in [0.15, 0.2) is 42.5 Å². The molecule has 0 fully saturated rings. The molecule has 0 heterocycles. The zero-order valence-corrected chi connectivity index (χ0v) is 10.9. The lowest BCUT2D eigenvalue weighted by molar-refractivity contribution is 0.105. The van der Waals surface area contributed by atoms with E-state index in [0.717, 1.165) is 13.0 Å². The quantitative estimate of drug-likeness (QED) is 0.767. The summed E-state index contributed by atoms with van der Waals surface area (Å²) in [5.41, 5.74) is 1.57. The second-order valence-corrected chi connectivity index (χ2v) is 5.46. The molecule has 0 aliphatic heterocycles. The van der Waals surface area contributed by atoms with Crippen LogP contribution < -0.4 is 0 Å². The molecule has 1 heteroatoms. The van der Waals surface area contributed by atoms with Gasteiger partial charge in [0.05, 0.1) is 6.61 Å². The van der Waals surface area contributed by atoms with Crippen LogP contribution in [0.4, 0.5) is 0 Å². The third-order valence-electron chi connectivity index (χ3n) is 3.03. The number of hydrogen-bond acceptors (Lipinski definition) is 1. The Labute approximate surface area is 103 Å². The average Bonchev–Trinajstić information content (AvgIpc) is 2.28. The van der Waals surface area contributed by atoms with E-state index >= 15 is 0 Å². The highest BCUT2D eigenvalue weighted by molar-refractivity contribution is 5.82. The van der Waals surface area contributed by atoms with Gasteiger partial charge in [0, 0.05) is 7.11 Å². The third kappa shape index (κ3) is 3.07. The number of fused-ring (bicyclic) bond motifs is 1. The lowest BCUT2D eigenvalue weighted by Gasteiger charge is -2.23. The van der Waals surface area contributed by atoms with Crippen LogP contribution in [0.1, 0.15) is 19.4 Å². The fraction of sp³-hybridized carbons (Fsp3) is 0.375. The largest absolute Gasteiger partial charge is 0.384 e. The number of rotatable bonds is 4. The van der Waals surface area contributed by atoms with E-state index in [9.17, 15) is 0 Å². The van der Waals surface area contributed by atoms with Crippen molar-refractivity contribution in [3.05, 3.63) is 48.0 Å². The van der Waals surface area contributed by atoms with Gasteiger partial charge in [-0.05, 0) is 28.2 Å². The zero-order chi connectivity index (χ0) is 12.3. The van der Waals surface area contributed by atoms with Crippen LogP contribution in [0.5, 0.6) is 0 Å². The van der Waals surface area contributed by atoms with Gasteiger partial charge < -0.3 is 4.74 Å². The molecule has 0 radical (unpaired) electrons. The first-order chi connectivity index (χ1) is 8.11. The number of ether oxygens (including phenoxy) is 1. The van der Waals surface area contributed by atoms with Gasteiger partial charge in [0.25, 0.3) is 0 Å².